The molecule has 1 N–H and O–H groups in total. The minimum atomic E-state index is 0.0205. The first-order valence-electron chi connectivity index (χ1n) is 3.87. The van der Waals surface area contributed by atoms with Crippen LogP contribution in [0, 0.1) is 0 Å². The van der Waals surface area contributed by atoms with Gasteiger partial charge in [0.2, 0.25) is 0 Å². The lowest BCUT2D eigenvalue weighted by molar-refractivity contribution is 0.633. The Bertz CT molecular complexity index is 265. The van der Waals surface area contributed by atoms with Crippen LogP contribution >= 0.6 is 11.6 Å². The van der Waals surface area contributed by atoms with E-state index in [0.717, 1.165) is 5.69 Å². The fraction of sp³-hybridized carbons (Fsp3) is 0.444. The summed E-state index contributed by atoms with van der Waals surface area (Å²) in [5.74, 6) is 0. The zero-order chi connectivity index (χ0) is 9.19. The summed E-state index contributed by atoms with van der Waals surface area (Å²) in [6.45, 7) is 6.24. The maximum absolute atomic E-state index is 5.93. The van der Waals surface area contributed by atoms with E-state index in [1.807, 2.05) is 0 Å². The summed E-state index contributed by atoms with van der Waals surface area (Å²) in [6, 6.07) is 1.77. The highest BCUT2D eigenvalue weighted by Gasteiger charge is 2.10. The van der Waals surface area contributed by atoms with E-state index < -0.39 is 0 Å². The SMILES string of the molecule is CC(C)(C)Nc1cnccc1Cl. The Morgan fingerprint density at radius 2 is 2.08 bits per heavy atom. The lowest BCUT2D eigenvalue weighted by Gasteiger charge is -2.22. The summed E-state index contributed by atoms with van der Waals surface area (Å²) in [5.41, 5.74) is 0.902. The number of anilines is 1. The Hall–Kier alpha value is -0.760. The molecule has 0 bridgehead atoms. The largest absolute Gasteiger partial charge is 0.378 e. The Morgan fingerprint density at radius 3 is 2.58 bits per heavy atom. The molecule has 3 heteroatoms. The van der Waals surface area contributed by atoms with Crippen molar-refractivity contribution in [1.29, 1.82) is 0 Å². The number of hydrogen-bond donors (Lipinski definition) is 1. The predicted octanol–water partition coefficient (Wildman–Crippen LogP) is 2.95. The van der Waals surface area contributed by atoms with Crippen molar-refractivity contribution in [3.8, 4) is 0 Å². The zero-order valence-electron chi connectivity index (χ0n) is 7.56. The quantitative estimate of drug-likeness (QED) is 0.726. The normalized spacial score (nSPS) is 11.3. The van der Waals surface area contributed by atoms with Gasteiger partial charge >= 0.3 is 0 Å². The van der Waals surface area contributed by atoms with Crippen LogP contribution in [0.15, 0.2) is 18.5 Å². The van der Waals surface area contributed by atoms with Crippen molar-refractivity contribution in [2.75, 3.05) is 5.32 Å². The van der Waals surface area contributed by atoms with Gasteiger partial charge in [-0.3, -0.25) is 4.98 Å². The van der Waals surface area contributed by atoms with Gasteiger partial charge in [0, 0.05) is 11.7 Å². The third-order valence-corrected chi connectivity index (χ3v) is 1.61. The molecule has 2 nitrogen and oxygen atoms in total. The Morgan fingerprint density at radius 1 is 1.42 bits per heavy atom. The lowest BCUT2D eigenvalue weighted by Crippen LogP contribution is -2.26. The second-order valence-electron chi connectivity index (χ2n) is 3.73. The maximum atomic E-state index is 5.93. The molecule has 0 amide bonds. The molecule has 0 fully saturated rings. The van der Waals surface area contributed by atoms with Crippen molar-refractivity contribution < 1.29 is 0 Å². The molecule has 0 radical (unpaired) electrons. The molecule has 0 spiro atoms. The van der Waals surface area contributed by atoms with E-state index in [9.17, 15) is 0 Å². The highest BCUT2D eigenvalue weighted by molar-refractivity contribution is 6.33. The molecule has 1 aromatic rings. The second-order valence-corrected chi connectivity index (χ2v) is 4.14. The highest BCUT2D eigenvalue weighted by Crippen LogP contribution is 2.22. The average molecular weight is 185 g/mol. The van der Waals surface area contributed by atoms with E-state index in [1.54, 1.807) is 18.5 Å². The first-order valence-corrected chi connectivity index (χ1v) is 4.24. The van der Waals surface area contributed by atoms with E-state index in [0.29, 0.717) is 5.02 Å². The van der Waals surface area contributed by atoms with Gasteiger partial charge in [-0.05, 0) is 26.8 Å². The number of hydrogen-bond acceptors (Lipinski definition) is 2. The van der Waals surface area contributed by atoms with Crippen LogP contribution < -0.4 is 5.32 Å². The van der Waals surface area contributed by atoms with Crippen molar-refractivity contribution in [3.63, 3.8) is 0 Å². The Kier molecular flexibility index (Phi) is 2.58. The molecule has 0 unspecified atom stereocenters. The van der Waals surface area contributed by atoms with Gasteiger partial charge in [-0.25, -0.2) is 0 Å². The summed E-state index contributed by atoms with van der Waals surface area (Å²) in [4.78, 5) is 3.98. The molecule has 66 valence electrons. The molecule has 1 rings (SSSR count). The second kappa shape index (κ2) is 3.31. The number of pyridine rings is 1. The summed E-state index contributed by atoms with van der Waals surface area (Å²) in [6.07, 6.45) is 3.41. The minimum Gasteiger partial charge on any atom is -0.378 e. The number of nitrogens with one attached hydrogen (secondary N) is 1. The van der Waals surface area contributed by atoms with E-state index in [1.165, 1.54) is 0 Å². The van der Waals surface area contributed by atoms with Gasteiger partial charge in [0.25, 0.3) is 0 Å². The topological polar surface area (TPSA) is 24.9 Å². The molecule has 0 aliphatic rings. The van der Waals surface area contributed by atoms with Crippen molar-refractivity contribution in [2.45, 2.75) is 26.3 Å². The third kappa shape index (κ3) is 2.70. The van der Waals surface area contributed by atoms with E-state index in [2.05, 4.69) is 31.1 Å². The van der Waals surface area contributed by atoms with Crippen LogP contribution in [0.25, 0.3) is 0 Å². The van der Waals surface area contributed by atoms with Gasteiger partial charge in [-0.2, -0.15) is 0 Å². The van der Waals surface area contributed by atoms with Gasteiger partial charge in [0.15, 0.2) is 0 Å². The Balaban J connectivity index is 2.83. The summed E-state index contributed by atoms with van der Waals surface area (Å²) < 4.78 is 0. The fourth-order valence-corrected chi connectivity index (χ4v) is 1.03. The van der Waals surface area contributed by atoms with Crippen molar-refractivity contribution in [3.05, 3.63) is 23.5 Å². The standard InChI is InChI=1S/C9H13ClN2/c1-9(2,3)12-8-6-11-5-4-7(8)10/h4-6,12H,1-3H3. The lowest BCUT2D eigenvalue weighted by atomic mass is 10.1. The van der Waals surface area contributed by atoms with E-state index >= 15 is 0 Å². The predicted molar refractivity (Wildman–Crippen MR) is 52.6 cm³/mol. The summed E-state index contributed by atoms with van der Waals surface area (Å²) >= 11 is 5.93. The number of halogens is 1. The molecule has 0 saturated carbocycles. The van der Waals surface area contributed by atoms with Crippen LogP contribution in [-0.2, 0) is 0 Å². The average Bonchev–Trinajstić information content (AvgIpc) is 1.91. The van der Waals surface area contributed by atoms with Crippen LogP contribution in [0.3, 0.4) is 0 Å². The number of nitrogens with zero attached hydrogens (tertiary/aromatic N) is 1. The van der Waals surface area contributed by atoms with Gasteiger partial charge in [-0.1, -0.05) is 11.6 Å². The summed E-state index contributed by atoms with van der Waals surface area (Å²) in [5, 5.41) is 3.96. The zero-order valence-corrected chi connectivity index (χ0v) is 8.31. The molecule has 12 heavy (non-hydrogen) atoms. The molecular weight excluding hydrogens is 172 g/mol. The van der Waals surface area contributed by atoms with Crippen molar-refractivity contribution in [2.24, 2.45) is 0 Å². The van der Waals surface area contributed by atoms with Gasteiger partial charge in [0.1, 0.15) is 0 Å². The number of rotatable bonds is 1. The van der Waals surface area contributed by atoms with Crippen LogP contribution in [0.1, 0.15) is 20.8 Å². The van der Waals surface area contributed by atoms with Crippen LogP contribution in [-0.4, -0.2) is 10.5 Å². The molecule has 1 heterocycles. The molecule has 0 aromatic carbocycles. The monoisotopic (exact) mass is 184 g/mol. The molecule has 1 aromatic heterocycles. The first-order chi connectivity index (χ1) is 5.49. The molecule has 0 aliphatic heterocycles. The number of aromatic nitrogens is 1. The van der Waals surface area contributed by atoms with Gasteiger partial charge in [0.05, 0.1) is 16.9 Å². The summed E-state index contributed by atoms with van der Waals surface area (Å²) in [7, 11) is 0. The van der Waals surface area contributed by atoms with Gasteiger partial charge < -0.3 is 5.32 Å². The van der Waals surface area contributed by atoms with Crippen molar-refractivity contribution >= 4 is 17.3 Å². The fourth-order valence-electron chi connectivity index (χ4n) is 0.873. The molecule has 0 atom stereocenters. The molecular formula is C9H13ClN2. The smallest absolute Gasteiger partial charge is 0.0720 e. The van der Waals surface area contributed by atoms with Crippen LogP contribution in [0.4, 0.5) is 5.69 Å². The van der Waals surface area contributed by atoms with Crippen LogP contribution in [0.5, 0.6) is 0 Å². The first kappa shape index (κ1) is 9.33. The Labute approximate surface area is 78.0 Å². The molecule has 0 aliphatic carbocycles. The molecule has 0 saturated heterocycles. The van der Waals surface area contributed by atoms with Crippen LogP contribution in [0.2, 0.25) is 5.02 Å². The maximum Gasteiger partial charge on any atom is 0.0720 e. The van der Waals surface area contributed by atoms with E-state index in [4.69, 9.17) is 11.6 Å². The van der Waals surface area contributed by atoms with Gasteiger partial charge in [-0.15, -0.1) is 0 Å². The third-order valence-electron chi connectivity index (χ3n) is 1.28. The van der Waals surface area contributed by atoms with E-state index in [-0.39, 0.29) is 5.54 Å². The highest BCUT2D eigenvalue weighted by atomic mass is 35.5. The van der Waals surface area contributed by atoms with Crippen molar-refractivity contribution in [1.82, 2.24) is 4.98 Å². The minimum absolute atomic E-state index is 0.0205.